The van der Waals surface area contributed by atoms with Gasteiger partial charge in [0, 0.05) is 13.1 Å². The third kappa shape index (κ3) is 11.0. The van der Waals surface area contributed by atoms with E-state index in [0.717, 1.165) is 21.7 Å². The van der Waals surface area contributed by atoms with Crippen molar-refractivity contribution in [1.82, 2.24) is 10.6 Å². The number of thiocarbonyl (C=S) groups is 2. The van der Waals surface area contributed by atoms with Crippen LogP contribution >= 0.6 is 46.0 Å². The van der Waals surface area contributed by atoms with E-state index in [1.54, 1.807) is 0 Å². The summed E-state index contributed by atoms with van der Waals surface area (Å²) in [5.74, 6) is 1.21. The second kappa shape index (κ2) is 9.50. The summed E-state index contributed by atoms with van der Waals surface area (Å²) in [7, 11) is 3.02. The van der Waals surface area contributed by atoms with Crippen LogP contribution < -0.4 is 10.6 Å². The van der Waals surface area contributed by atoms with E-state index in [2.05, 4.69) is 38.3 Å². The molecule has 0 saturated heterocycles. The largest absolute Gasteiger partial charge is 0.370 e. The van der Waals surface area contributed by atoms with E-state index < -0.39 is 0 Å². The summed E-state index contributed by atoms with van der Waals surface area (Å²) >= 11 is 10.3. The summed E-state index contributed by atoms with van der Waals surface area (Å²) in [6.45, 7) is 10.5. The van der Waals surface area contributed by atoms with Gasteiger partial charge in [-0.2, -0.15) is 0 Å². The average molecular weight is 297 g/mol. The van der Waals surface area contributed by atoms with Crippen LogP contribution in [0.4, 0.5) is 0 Å². The minimum atomic E-state index is 0.606. The van der Waals surface area contributed by atoms with E-state index in [1.807, 2.05) is 0 Å². The van der Waals surface area contributed by atoms with E-state index in [-0.39, 0.29) is 0 Å². The Kier molecular flexibility index (Phi) is 9.79. The number of hydrogen-bond acceptors (Lipinski definition) is 4. The van der Waals surface area contributed by atoms with Gasteiger partial charge in [-0.25, -0.2) is 0 Å². The highest BCUT2D eigenvalue weighted by atomic mass is 33.1. The van der Waals surface area contributed by atoms with Gasteiger partial charge in [0.2, 0.25) is 0 Å². The lowest BCUT2D eigenvalue weighted by Gasteiger charge is -2.11. The van der Waals surface area contributed by atoms with Gasteiger partial charge in [0.1, 0.15) is 8.64 Å². The summed E-state index contributed by atoms with van der Waals surface area (Å²) in [6, 6.07) is 0. The van der Waals surface area contributed by atoms with Gasteiger partial charge in [0.25, 0.3) is 0 Å². The summed E-state index contributed by atoms with van der Waals surface area (Å²) in [4.78, 5) is 0. The van der Waals surface area contributed by atoms with Gasteiger partial charge in [0.05, 0.1) is 0 Å². The van der Waals surface area contributed by atoms with Crippen LogP contribution in [0.3, 0.4) is 0 Å². The molecule has 0 bridgehead atoms. The Morgan fingerprint density at radius 1 is 0.875 bits per heavy atom. The molecule has 0 heterocycles. The third-order valence-corrected chi connectivity index (χ3v) is 4.85. The minimum absolute atomic E-state index is 0.606. The molecule has 0 fully saturated rings. The lowest BCUT2D eigenvalue weighted by atomic mass is 10.2. The standard InChI is InChI=1S/C10H20N2S4/c1-7(2)5-11-9(13)15-16-10(14)12-6-8(3)4/h7-8H,5-6H2,1-4H3,(H,11,13)(H,12,14). The number of hydrogen-bond donors (Lipinski definition) is 2. The maximum absolute atomic E-state index is 5.17. The molecule has 94 valence electrons. The molecule has 0 rings (SSSR count). The smallest absolute Gasteiger partial charge is 0.144 e. The molecule has 2 nitrogen and oxygen atoms in total. The molecule has 0 aliphatic heterocycles. The molecule has 0 aliphatic rings. The molecular formula is C10H20N2S4. The molecule has 0 aliphatic carbocycles. The molecule has 0 atom stereocenters. The fourth-order valence-electron chi connectivity index (χ4n) is 0.710. The van der Waals surface area contributed by atoms with Crippen LogP contribution in [0.5, 0.6) is 0 Å². The molecule has 0 aromatic carbocycles. The fraction of sp³-hybridized carbons (Fsp3) is 0.800. The van der Waals surface area contributed by atoms with Crippen molar-refractivity contribution in [3.8, 4) is 0 Å². The van der Waals surface area contributed by atoms with Crippen molar-refractivity contribution >= 4 is 54.7 Å². The first-order valence-corrected chi connectivity index (χ1v) is 8.28. The molecule has 0 radical (unpaired) electrons. The first-order chi connectivity index (χ1) is 7.41. The quantitative estimate of drug-likeness (QED) is 0.609. The Labute approximate surface area is 117 Å². The predicted molar refractivity (Wildman–Crippen MR) is 86.1 cm³/mol. The molecular weight excluding hydrogens is 276 g/mol. The summed E-state index contributed by atoms with van der Waals surface area (Å²) < 4.78 is 1.60. The zero-order valence-corrected chi connectivity index (χ0v) is 13.5. The van der Waals surface area contributed by atoms with Gasteiger partial charge in [-0.15, -0.1) is 0 Å². The van der Waals surface area contributed by atoms with E-state index >= 15 is 0 Å². The van der Waals surface area contributed by atoms with E-state index in [4.69, 9.17) is 24.4 Å². The van der Waals surface area contributed by atoms with Crippen molar-refractivity contribution in [3.05, 3.63) is 0 Å². The zero-order valence-electron chi connectivity index (χ0n) is 10.2. The van der Waals surface area contributed by atoms with Crippen LogP contribution in [-0.2, 0) is 0 Å². The van der Waals surface area contributed by atoms with Crippen molar-refractivity contribution < 1.29 is 0 Å². The highest BCUT2D eigenvalue weighted by molar-refractivity contribution is 8.89. The van der Waals surface area contributed by atoms with Gasteiger partial charge in [0.15, 0.2) is 0 Å². The van der Waals surface area contributed by atoms with Crippen LogP contribution in [0.25, 0.3) is 0 Å². The molecule has 0 amide bonds. The molecule has 2 N–H and O–H groups in total. The Balaban J connectivity index is 3.55. The van der Waals surface area contributed by atoms with Gasteiger partial charge < -0.3 is 10.6 Å². The van der Waals surface area contributed by atoms with Gasteiger partial charge in [-0.05, 0) is 33.4 Å². The van der Waals surface area contributed by atoms with Crippen molar-refractivity contribution in [3.63, 3.8) is 0 Å². The first kappa shape index (κ1) is 16.5. The normalized spacial score (nSPS) is 10.6. The van der Waals surface area contributed by atoms with Crippen LogP contribution in [-0.4, -0.2) is 21.7 Å². The Bertz CT molecular complexity index is 205. The first-order valence-electron chi connectivity index (χ1n) is 5.32. The second-order valence-corrected chi connectivity index (χ2v) is 7.77. The lowest BCUT2D eigenvalue weighted by molar-refractivity contribution is 0.630. The molecule has 0 saturated carbocycles. The summed E-state index contributed by atoms with van der Waals surface area (Å²) in [5, 5.41) is 6.38. The molecule has 0 aromatic heterocycles. The minimum Gasteiger partial charge on any atom is -0.370 e. The van der Waals surface area contributed by atoms with Crippen molar-refractivity contribution in [2.24, 2.45) is 11.8 Å². The lowest BCUT2D eigenvalue weighted by Crippen LogP contribution is -2.25. The van der Waals surface area contributed by atoms with Gasteiger partial charge >= 0.3 is 0 Å². The number of rotatable bonds is 4. The van der Waals surface area contributed by atoms with Crippen molar-refractivity contribution in [2.75, 3.05) is 13.1 Å². The van der Waals surface area contributed by atoms with Gasteiger partial charge in [-0.3, -0.25) is 0 Å². The molecule has 0 aromatic rings. The monoisotopic (exact) mass is 296 g/mol. The SMILES string of the molecule is CC(C)CNC(=S)SSC(=S)NCC(C)C. The average Bonchev–Trinajstić information content (AvgIpc) is 2.20. The summed E-state index contributed by atoms with van der Waals surface area (Å²) in [6.07, 6.45) is 0. The second-order valence-electron chi connectivity index (χ2n) is 4.29. The fourth-order valence-corrected chi connectivity index (χ4v) is 2.73. The maximum atomic E-state index is 5.17. The molecule has 6 heteroatoms. The predicted octanol–water partition coefficient (Wildman–Crippen LogP) is 3.43. The molecule has 16 heavy (non-hydrogen) atoms. The highest BCUT2D eigenvalue weighted by Gasteiger charge is 2.03. The Morgan fingerprint density at radius 2 is 1.19 bits per heavy atom. The van der Waals surface area contributed by atoms with Gasteiger partial charge in [-0.1, -0.05) is 52.1 Å². The van der Waals surface area contributed by atoms with Crippen LogP contribution in [0.1, 0.15) is 27.7 Å². The summed E-state index contributed by atoms with van der Waals surface area (Å²) in [5.41, 5.74) is 0. The van der Waals surface area contributed by atoms with Crippen LogP contribution in [0.2, 0.25) is 0 Å². The number of nitrogens with one attached hydrogen (secondary N) is 2. The third-order valence-electron chi connectivity index (χ3n) is 1.50. The van der Waals surface area contributed by atoms with E-state index in [0.29, 0.717) is 11.8 Å². The highest BCUT2D eigenvalue weighted by Crippen LogP contribution is 2.23. The topological polar surface area (TPSA) is 24.1 Å². The van der Waals surface area contributed by atoms with Crippen molar-refractivity contribution in [1.29, 1.82) is 0 Å². The Hall–Kier alpha value is 0.480. The van der Waals surface area contributed by atoms with E-state index in [1.165, 1.54) is 21.6 Å². The zero-order chi connectivity index (χ0) is 12.6. The molecule has 0 unspecified atom stereocenters. The van der Waals surface area contributed by atoms with Crippen LogP contribution in [0, 0.1) is 11.8 Å². The molecule has 0 spiro atoms. The van der Waals surface area contributed by atoms with E-state index in [9.17, 15) is 0 Å². The van der Waals surface area contributed by atoms with Crippen molar-refractivity contribution in [2.45, 2.75) is 27.7 Å². The maximum Gasteiger partial charge on any atom is 0.144 e. The van der Waals surface area contributed by atoms with Crippen LogP contribution in [0.15, 0.2) is 0 Å². The Morgan fingerprint density at radius 3 is 1.44 bits per heavy atom.